The van der Waals surface area contributed by atoms with Crippen molar-refractivity contribution in [2.45, 2.75) is 63.4 Å². The van der Waals surface area contributed by atoms with E-state index < -0.39 is 0 Å². The molecule has 4 nitrogen and oxygen atoms in total. The topological polar surface area (TPSA) is 64.7 Å². The Hall–Kier alpha value is -0.840. The van der Waals surface area contributed by atoms with Crippen LogP contribution in [0.1, 0.15) is 58.3 Å². The minimum Gasteiger partial charge on any atom is -0.368 e. The lowest BCUT2D eigenvalue weighted by Crippen LogP contribution is -1.97. The summed E-state index contributed by atoms with van der Waals surface area (Å²) in [4.78, 5) is 11.9. The molecule has 0 radical (unpaired) electrons. The molecule has 0 aliphatic rings. The van der Waals surface area contributed by atoms with Gasteiger partial charge in [-0.05, 0) is 6.42 Å². The summed E-state index contributed by atoms with van der Waals surface area (Å²) in [5, 5.41) is 0.741. The van der Waals surface area contributed by atoms with E-state index in [4.69, 9.17) is 5.73 Å². The van der Waals surface area contributed by atoms with Gasteiger partial charge in [-0.15, -0.1) is 0 Å². The van der Waals surface area contributed by atoms with Gasteiger partial charge in [-0.2, -0.15) is 4.98 Å². The highest BCUT2D eigenvalue weighted by atomic mass is 32.2. The zero-order valence-corrected chi connectivity index (χ0v) is 12.1. The van der Waals surface area contributed by atoms with Crippen LogP contribution in [0.2, 0.25) is 0 Å². The number of rotatable bonds is 10. The molecular formula is C13H24N4S. The molecule has 0 saturated heterocycles. The maximum atomic E-state index is 5.49. The standard InChI is InChI=1S/C13H24N4S/c1-2-3-4-5-6-7-8-9-10-18-13-16-11-15-12(14)17-13/h11H,2-10H2,1H3,(H2,14,15,16,17). The summed E-state index contributed by atoms with van der Waals surface area (Å²) in [7, 11) is 0. The van der Waals surface area contributed by atoms with Gasteiger partial charge in [0.15, 0.2) is 5.16 Å². The zero-order valence-electron chi connectivity index (χ0n) is 11.3. The first-order chi connectivity index (χ1) is 8.83. The quantitative estimate of drug-likeness (QED) is 0.518. The Morgan fingerprint density at radius 1 is 1.00 bits per heavy atom. The van der Waals surface area contributed by atoms with E-state index in [2.05, 4.69) is 21.9 Å². The molecule has 0 spiro atoms. The molecule has 18 heavy (non-hydrogen) atoms. The van der Waals surface area contributed by atoms with E-state index in [0.29, 0.717) is 5.95 Å². The SMILES string of the molecule is CCCCCCCCCCSc1ncnc(N)n1. The maximum Gasteiger partial charge on any atom is 0.223 e. The van der Waals surface area contributed by atoms with Crippen molar-refractivity contribution in [1.29, 1.82) is 0 Å². The number of aromatic nitrogens is 3. The molecule has 1 rings (SSSR count). The molecule has 0 atom stereocenters. The van der Waals surface area contributed by atoms with Crippen LogP contribution in [0.3, 0.4) is 0 Å². The number of nitrogens with zero attached hydrogens (tertiary/aromatic N) is 3. The Bertz CT molecular complexity index is 320. The molecule has 0 aromatic carbocycles. The minimum absolute atomic E-state index is 0.309. The second-order valence-corrected chi connectivity index (χ2v) is 5.51. The molecular weight excluding hydrogens is 244 g/mol. The summed E-state index contributed by atoms with van der Waals surface area (Å²) < 4.78 is 0. The Labute approximate surface area is 114 Å². The number of hydrogen-bond donors (Lipinski definition) is 1. The monoisotopic (exact) mass is 268 g/mol. The Kier molecular flexibility index (Phi) is 8.55. The molecule has 1 aromatic rings. The molecule has 1 heterocycles. The molecule has 1 aromatic heterocycles. The van der Waals surface area contributed by atoms with E-state index in [-0.39, 0.29) is 0 Å². The number of nitrogens with two attached hydrogens (primary N) is 1. The van der Waals surface area contributed by atoms with Crippen LogP contribution >= 0.6 is 11.8 Å². The molecule has 0 fully saturated rings. The van der Waals surface area contributed by atoms with Gasteiger partial charge in [0.2, 0.25) is 5.95 Å². The van der Waals surface area contributed by atoms with Gasteiger partial charge in [0.25, 0.3) is 0 Å². The van der Waals surface area contributed by atoms with Crippen molar-refractivity contribution in [2.24, 2.45) is 0 Å². The Balaban J connectivity index is 1.92. The molecule has 102 valence electrons. The van der Waals surface area contributed by atoms with Gasteiger partial charge < -0.3 is 5.73 Å². The third-order valence-electron chi connectivity index (χ3n) is 2.80. The summed E-state index contributed by atoms with van der Waals surface area (Å²) in [5.74, 6) is 1.38. The van der Waals surface area contributed by atoms with E-state index in [9.17, 15) is 0 Å². The first-order valence-corrected chi connectivity index (χ1v) is 7.89. The molecule has 5 heteroatoms. The van der Waals surface area contributed by atoms with Crippen LogP contribution in [0.25, 0.3) is 0 Å². The van der Waals surface area contributed by atoms with Crippen molar-refractivity contribution >= 4 is 17.7 Å². The first-order valence-electron chi connectivity index (χ1n) is 6.90. The van der Waals surface area contributed by atoms with Crippen LogP contribution < -0.4 is 5.73 Å². The second kappa shape index (κ2) is 10.1. The molecule has 0 aliphatic carbocycles. The van der Waals surface area contributed by atoms with E-state index in [1.165, 1.54) is 57.7 Å². The van der Waals surface area contributed by atoms with Crippen molar-refractivity contribution < 1.29 is 0 Å². The van der Waals surface area contributed by atoms with Crippen molar-refractivity contribution in [3.05, 3.63) is 6.33 Å². The van der Waals surface area contributed by atoms with Crippen molar-refractivity contribution in [2.75, 3.05) is 11.5 Å². The van der Waals surface area contributed by atoms with Crippen molar-refractivity contribution in [3.8, 4) is 0 Å². The number of hydrogen-bond acceptors (Lipinski definition) is 5. The van der Waals surface area contributed by atoms with E-state index in [0.717, 1.165) is 10.9 Å². The van der Waals surface area contributed by atoms with Gasteiger partial charge in [0, 0.05) is 5.75 Å². The third-order valence-corrected chi connectivity index (χ3v) is 3.75. The first kappa shape index (κ1) is 15.2. The molecule has 2 N–H and O–H groups in total. The van der Waals surface area contributed by atoms with Crippen molar-refractivity contribution in [3.63, 3.8) is 0 Å². The lowest BCUT2D eigenvalue weighted by Gasteiger charge is -2.01. The fraction of sp³-hybridized carbons (Fsp3) is 0.769. The summed E-state index contributed by atoms with van der Waals surface area (Å²) in [6, 6.07) is 0. The minimum atomic E-state index is 0.309. The van der Waals surface area contributed by atoms with Gasteiger partial charge >= 0.3 is 0 Å². The fourth-order valence-electron chi connectivity index (χ4n) is 1.76. The normalized spacial score (nSPS) is 10.7. The van der Waals surface area contributed by atoms with Crippen LogP contribution in [0.4, 0.5) is 5.95 Å². The number of thioether (sulfide) groups is 1. The van der Waals surface area contributed by atoms with Crippen molar-refractivity contribution in [1.82, 2.24) is 15.0 Å². The molecule has 0 bridgehead atoms. The van der Waals surface area contributed by atoms with E-state index >= 15 is 0 Å². The third kappa shape index (κ3) is 7.48. The number of nitrogen functional groups attached to an aromatic ring is 1. The number of unbranched alkanes of at least 4 members (excludes halogenated alkanes) is 7. The van der Waals surface area contributed by atoms with E-state index in [1.807, 2.05) is 0 Å². The number of anilines is 1. The highest BCUT2D eigenvalue weighted by molar-refractivity contribution is 7.99. The predicted octanol–water partition coefficient (Wildman–Crippen LogP) is 3.69. The maximum absolute atomic E-state index is 5.49. The average molecular weight is 268 g/mol. The zero-order chi connectivity index (χ0) is 13.1. The van der Waals surface area contributed by atoms with Gasteiger partial charge in [-0.25, -0.2) is 9.97 Å². The molecule has 0 saturated carbocycles. The largest absolute Gasteiger partial charge is 0.368 e. The van der Waals surface area contributed by atoms with Gasteiger partial charge in [0.1, 0.15) is 6.33 Å². The lowest BCUT2D eigenvalue weighted by molar-refractivity contribution is 0.586. The summed E-state index contributed by atoms with van der Waals surface area (Å²) >= 11 is 1.66. The van der Waals surface area contributed by atoms with E-state index in [1.54, 1.807) is 11.8 Å². The Morgan fingerprint density at radius 3 is 2.33 bits per heavy atom. The summed E-state index contributed by atoms with van der Waals surface area (Å²) in [5.41, 5.74) is 5.49. The van der Waals surface area contributed by atoms with Crippen LogP contribution in [0, 0.1) is 0 Å². The highest BCUT2D eigenvalue weighted by Crippen LogP contribution is 2.16. The van der Waals surface area contributed by atoms with Gasteiger partial charge in [-0.1, -0.05) is 63.6 Å². The molecule has 0 aliphatic heterocycles. The van der Waals surface area contributed by atoms with Crippen LogP contribution in [0.15, 0.2) is 11.5 Å². The fourth-order valence-corrected chi connectivity index (χ4v) is 2.57. The Morgan fingerprint density at radius 2 is 1.67 bits per heavy atom. The van der Waals surface area contributed by atoms with Gasteiger partial charge in [-0.3, -0.25) is 0 Å². The predicted molar refractivity (Wildman–Crippen MR) is 77.6 cm³/mol. The smallest absolute Gasteiger partial charge is 0.223 e. The summed E-state index contributed by atoms with van der Waals surface area (Å²) in [6.07, 6.45) is 12.2. The van der Waals surface area contributed by atoms with Gasteiger partial charge in [0.05, 0.1) is 0 Å². The molecule has 0 unspecified atom stereocenters. The van der Waals surface area contributed by atoms with Crippen LogP contribution in [0.5, 0.6) is 0 Å². The van der Waals surface area contributed by atoms with Crippen LogP contribution in [-0.2, 0) is 0 Å². The van der Waals surface area contributed by atoms with Crippen LogP contribution in [-0.4, -0.2) is 20.7 Å². The highest BCUT2D eigenvalue weighted by Gasteiger charge is 1.98. The second-order valence-electron chi connectivity index (χ2n) is 4.45. The summed E-state index contributed by atoms with van der Waals surface area (Å²) in [6.45, 7) is 2.26. The lowest BCUT2D eigenvalue weighted by atomic mass is 10.1. The average Bonchev–Trinajstić information content (AvgIpc) is 2.37. The molecule has 0 amide bonds.